The minimum absolute atomic E-state index is 0.0712. The van der Waals surface area contributed by atoms with Crippen molar-refractivity contribution < 1.29 is 23.4 Å². The van der Waals surface area contributed by atoms with Gasteiger partial charge in [-0.1, -0.05) is 42.5 Å². The fourth-order valence-corrected chi connectivity index (χ4v) is 3.50. The van der Waals surface area contributed by atoms with E-state index in [1.54, 1.807) is 29.7 Å². The van der Waals surface area contributed by atoms with Crippen LogP contribution in [-0.4, -0.2) is 27.0 Å². The Bertz CT molecular complexity index is 1260. The predicted octanol–water partition coefficient (Wildman–Crippen LogP) is 3.96. The third kappa shape index (κ3) is 4.17. The Hall–Kier alpha value is -3.78. The van der Waals surface area contributed by atoms with E-state index in [9.17, 15) is 18.7 Å². The number of hydrogen-bond donors (Lipinski definition) is 2. The lowest BCUT2D eigenvalue weighted by Gasteiger charge is -2.17. The van der Waals surface area contributed by atoms with Crippen LogP contribution in [0.2, 0.25) is 0 Å². The Morgan fingerprint density at radius 2 is 1.91 bits per heavy atom. The average molecular weight is 437 g/mol. The molecule has 1 amide bonds. The van der Waals surface area contributed by atoms with E-state index in [0.717, 1.165) is 11.6 Å². The van der Waals surface area contributed by atoms with Gasteiger partial charge in [0.15, 0.2) is 23.0 Å². The van der Waals surface area contributed by atoms with Gasteiger partial charge in [-0.05, 0) is 30.7 Å². The Morgan fingerprint density at radius 1 is 1.12 bits per heavy atom. The van der Waals surface area contributed by atoms with Crippen LogP contribution in [-0.2, 0) is 6.61 Å². The summed E-state index contributed by atoms with van der Waals surface area (Å²) in [5, 5.41) is 12.6. The molecule has 8 heteroatoms. The van der Waals surface area contributed by atoms with Gasteiger partial charge in [-0.15, -0.1) is 0 Å². The van der Waals surface area contributed by atoms with Crippen molar-refractivity contribution in [2.45, 2.75) is 19.6 Å². The van der Waals surface area contributed by atoms with Crippen LogP contribution in [0.4, 0.5) is 8.78 Å². The molecule has 2 N–H and O–H groups in total. The Kier molecular flexibility index (Phi) is 6.13. The Morgan fingerprint density at radius 3 is 2.66 bits per heavy atom. The molecule has 0 aliphatic rings. The number of rotatable bonds is 7. The van der Waals surface area contributed by atoms with Gasteiger partial charge in [0.1, 0.15) is 12.3 Å². The van der Waals surface area contributed by atoms with Crippen molar-refractivity contribution >= 4 is 11.6 Å². The third-order valence-electron chi connectivity index (χ3n) is 5.11. The summed E-state index contributed by atoms with van der Waals surface area (Å²) in [6.07, 6.45) is 1.66. The lowest BCUT2D eigenvalue weighted by molar-refractivity contribution is 0.0909. The molecule has 2 heterocycles. The number of pyridine rings is 1. The normalized spacial score (nSPS) is 12.0. The molecule has 0 aliphatic carbocycles. The van der Waals surface area contributed by atoms with Crippen molar-refractivity contribution in [3.63, 3.8) is 0 Å². The number of imidazole rings is 1. The third-order valence-corrected chi connectivity index (χ3v) is 5.11. The van der Waals surface area contributed by atoms with Crippen molar-refractivity contribution in [2.75, 3.05) is 6.61 Å². The Labute approximate surface area is 183 Å². The van der Waals surface area contributed by atoms with Crippen LogP contribution in [0.5, 0.6) is 5.75 Å². The number of benzene rings is 2. The molecular weight excluding hydrogens is 416 g/mol. The number of hydrogen-bond acceptors (Lipinski definition) is 4. The van der Waals surface area contributed by atoms with Gasteiger partial charge in [-0.25, -0.2) is 13.8 Å². The smallest absolute Gasteiger partial charge is 0.270 e. The van der Waals surface area contributed by atoms with Crippen LogP contribution in [0.1, 0.15) is 33.4 Å². The molecule has 2 aromatic heterocycles. The summed E-state index contributed by atoms with van der Waals surface area (Å²) >= 11 is 0. The number of halogens is 2. The van der Waals surface area contributed by atoms with Crippen LogP contribution >= 0.6 is 0 Å². The van der Waals surface area contributed by atoms with Crippen LogP contribution in [0.15, 0.2) is 66.9 Å². The van der Waals surface area contributed by atoms with Gasteiger partial charge in [-0.3, -0.25) is 9.20 Å². The molecule has 32 heavy (non-hydrogen) atoms. The Balaban J connectivity index is 1.60. The summed E-state index contributed by atoms with van der Waals surface area (Å²) in [7, 11) is 0. The van der Waals surface area contributed by atoms with Gasteiger partial charge < -0.3 is 15.2 Å². The molecule has 0 bridgehead atoms. The standard InChI is InChI=1S/C24H21F2N3O3/c1-15-22(24(31)28-19(13-30)16-7-3-2-4-8-16)29-12-6-11-20(23(29)27-15)32-14-17-9-5-10-18(25)21(17)26/h2-12,19,30H,13-14H2,1H3,(H,28,31)/t19-/m0/s1. The predicted molar refractivity (Wildman–Crippen MR) is 114 cm³/mol. The zero-order valence-corrected chi connectivity index (χ0v) is 17.3. The van der Waals surface area contributed by atoms with E-state index in [1.165, 1.54) is 12.1 Å². The molecule has 0 saturated carbocycles. The van der Waals surface area contributed by atoms with Crippen molar-refractivity contribution in [1.29, 1.82) is 0 Å². The summed E-state index contributed by atoms with van der Waals surface area (Å²) in [5.74, 6) is -2.00. The van der Waals surface area contributed by atoms with Crippen LogP contribution < -0.4 is 10.1 Å². The first-order valence-electron chi connectivity index (χ1n) is 9.99. The van der Waals surface area contributed by atoms with E-state index in [2.05, 4.69) is 10.3 Å². The highest BCUT2D eigenvalue weighted by Gasteiger charge is 2.22. The minimum Gasteiger partial charge on any atom is -0.485 e. The number of aliphatic hydroxyl groups excluding tert-OH is 1. The molecule has 0 aliphatic heterocycles. The highest BCUT2D eigenvalue weighted by atomic mass is 19.2. The second-order valence-corrected chi connectivity index (χ2v) is 7.23. The highest BCUT2D eigenvalue weighted by Crippen LogP contribution is 2.24. The summed E-state index contributed by atoms with van der Waals surface area (Å²) in [5.41, 5.74) is 1.96. The van der Waals surface area contributed by atoms with Gasteiger partial charge in [0.25, 0.3) is 5.91 Å². The van der Waals surface area contributed by atoms with E-state index in [1.807, 2.05) is 30.3 Å². The quantitative estimate of drug-likeness (QED) is 0.459. The van der Waals surface area contributed by atoms with E-state index in [-0.39, 0.29) is 24.5 Å². The van der Waals surface area contributed by atoms with Gasteiger partial charge in [0.2, 0.25) is 0 Å². The first-order chi connectivity index (χ1) is 15.5. The number of carbonyl (C=O) groups is 1. The molecule has 6 nitrogen and oxygen atoms in total. The molecule has 0 unspecified atom stereocenters. The first-order valence-corrected chi connectivity index (χ1v) is 9.99. The van der Waals surface area contributed by atoms with Gasteiger partial charge in [0.05, 0.1) is 18.3 Å². The maximum atomic E-state index is 13.9. The average Bonchev–Trinajstić information content (AvgIpc) is 3.15. The van der Waals surface area contributed by atoms with Crippen molar-refractivity contribution in [2.24, 2.45) is 0 Å². The van der Waals surface area contributed by atoms with Gasteiger partial charge in [0, 0.05) is 11.8 Å². The number of aliphatic hydroxyl groups is 1. The zero-order chi connectivity index (χ0) is 22.7. The molecule has 4 rings (SSSR count). The van der Waals surface area contributed by atoms with Crippen LogP contribution in [0.25, 0.3) is 5.65 Å². The molecule has 0 radical (unpaired) electrons. The molecule has 0 saturated heterocycles. The molecule has 164 valence electrons. The number of amides is 1. The second kappa shape index (κ2) is 9.15. The van der Waals surface area contributed by atoms with E-state index in [0.29, 0.717) is 17.1 Å². The van der Waals surface area contributed by atoms with Crippen molar-refractivity contribution in [3.05, 3.63) is 101 Å². The topological polar surface area (TPSA) is 75.9 Å². The van der Waals surface area contributed by atoms with Crippen LogP contribution in [0, 0.1) is 18.6 Å². The number of fused-ring (bicyclic) bond motifs is 1. The number of ether oxygens (including phenoxy) is 1. The number of carbonyl (C=O) groups excluding carboxylic acids is 1. The van der Waals surface area contributed by atoms with E-state index in [4.69, 9.17) is 4.74 Å². The second-order valence-electron chi connectivity index (χ2n) is 7.23. The van der Waals surface area contributed by atoms with E-state index < -0.39 is 23.6 Å². The lowest BCUT2D eigenvalue weighted by Crippen LogP contribution is -2.32. The minimum atomic E-state index is -0.963. The number of aryl methyl sites for hydroxylation is 1. The number of nitrogens with one attached hydrogen (secondary N) is 1. The van der Waals surface area contributed by atoms with Crippen molar-refractivity contribution in [1.82, 2.24) is 14.7 Å². The molecule has 0 fully saturated rings. The molecule has 2 aromatic carbocycles. The first kappa shape index (κ1) is 21.5. The monoisotopic (exact) mass is 437 g/mol. The van der Waals surface area contributed by atoms with Gasteiger partial charge in [-0.2, -0.15) is 0 Å². The maximum absolute atomic E-state index is 13.9. The van der Waals surface area contributed by atoms with Crippen LogP contribution in [0.3, 0.4) is 0 Å². The van der Waals surface area contributed by atoms with E-state index >= 15 is 0 Å². The molecule has 0 spiro atoms. The lowest BCUT2D eigenvalue weighted by atomic mass is 10.1. The summed E-state index contributed by atoms with van der Waals surface area (Å²) in [4.78, 5) is 17.5. The number of aromatic nitrogens is 2. The van der Waals surface area contributed by atoms with Gasteiger partial charge >= 0.3 is 0 Å². The fraction of sp³-hybridized carbons (Fsp3) is 0.167. The summed E-state index contributed by atoms with van der Waals surface area (Å²) in [6, 6.07) is 15.8. The molecule has 4 aromatic rings. The maximum Gasteiger partial charge on any atom is 0.270 e. The zero-order valence-electron chi connectivity index (χ0n) is 17.3. The SMILES string of the molecule is Cc1nc2c(OCc3cccc(F)c3F)cccn2c1C(=O)N[C@@H](CO)c1ccccc1. The summed E-state index contributed by atoms with van der Waals surface area (Å²) < 4.78 is 34.7. The fourth-order valence-electron chi connectivity index (χ4n) is 3.50. The largest absolute Gasteiger partial charge is 0.485 e. The number of nitrogens with zero attached hydrogens (tertiary/aromatic N) is 2. The molecular formula is C24H21F2N3O3. The van der Waals surface area contributed by atoms with Crippen molar-refractivity contribution in [3.8, 4) is 5.75 Å². The summed E-state index contributed by atoms with van der Waals surface area (Å²) in [6.45, 7) is 1.23. The molecule has 1 atom stereocenters. The highest BCUT2D eigenvalue weighted by molar-refractivity contribution is 5.95.